The molecule has 1 amide bonds. The zero-order chi connectivity index (χ0) is 43.1. The fourth-order valence-corrected chi connectivity index (χ4v) is 10.7. The number of aliphatic hydroxyl groups is 1. The molecule has 7 rings (SSSR count). The maximum absolute atomic E-state index is 14.6. The van der Waals surface area contributed by atoms with Gasteiger partial charge in [-0.1, -0.05) is 51.0 Å². The molecule has 1 aromatic heterocycles. The first-order valence-corrected chi connectivity index (χ1v) is 21.7. The van der Waals surface area contributed by atoms with Crippen LogP contribution in [0.4, 0.5) is 4.79 Å². The fourth-order valence-electron chi connectivity index (χ4n) is 10.7. The van der Waals surface area contributed by atoms with Crippen molar-refractivity contribution < 1.29 is 48.0 Å². The Balaban J connectivity index is 1.31. The van der Waals surface area contributed by atoms with E-state index in [0.717, 1.165) is 22.2 Å². The quantitative estimate of drug-likeness (QED) is 0.280. The van der Waals surface area contributed by atoms with Crippen molar-refractivity contribution in [3.63, 3.8) is 0 Å². The molecule has 1 N–H and O–H groups in total. The highest BCUT2D eigenvalue weighted by Gasteiger charge is 2.60. The van der Waals surface area contributed by atoms with Crippen molar-refractivity contribution in [2.75, 3.05) is 40.4 Å². The minimum Gasteiger partial charge on any atom is -0.458 e. The van der Waals surface area contributed by atoms with E-state index in [1.165, 1.54) is 0 Å². The molecule has 1 aromatic carbocycles. The molecule has 0 spiro atoms. The number of aliphatic hydroxyl groups excluding tert-OH is 1. The first kappa shape index (κ1) is 44.3. The van der Waals surface area contributed by atoms with Gasteiger partial charge in [-0.05, 0) is 79.1 Å². The molecule has 4 bridgehead atoms. The summed E-state index contributed by atoms with van der Waals surface area (Å²) in [7, 11) is 3.88. The molecule has 15 nitrogen and oxygen atoms in total. The van der Waals surface area contributed by atoms with Gasteiger partial charge < -0.3 is 43.3 Å². The third kappa shape index (κ3) is 8.54. The van der Waals surface area contributed by atoms with Gasteiger partial charge in [0.05, 0.1) is 61.1 Å². The number of amides is 1. The summed E-state index contributed by atoms with van der Waals surface area (Å²) in [5, 5.41) is 17.4. The van der Waals surface area contributed by atoms with Crippen LogP contribution in [0.3, 0.4) is 0 Å². The summed E-state index contributed by atoms with van der Waals surface area (Å²) < 4.78 is 39.9. The number of oxime groups is 1. The van der Waals surface area contributed by atoms with Gasteiger partial charge in [-0.3, -0.25) is 19.7 Å². The number of nitrogens with zero attached hydrogens (tertiary/aromatic N) is 5. The third-order valence-electron chi connectivity index (χ3n) is 13.7. The molecule has 5 aliphatic heterocycles. The van der Waals surface area contributed by atoms with Crippen LogP contribution in [0, 0.1) is 23.7 Å². The van der Waals surface area contributed by atoms with E-state index < -0.39 is 71.8 Å². The number of hydrogen-bond donors (Lipinski definition) is 1. The molecule has 14 atom stereocenters. The number of carbonyl (C=O) groups excluding carboxylic acids is 2. The van der Waals surface area contributed by atoms with Crippen LogP contribution < -0.4 is 0 Å². The Kier molecular flexibility index (Phi) is 13.3. The third-order valence-corrected chi connectivity index (χ3v) is 13.7. The summed E-state index contributed by atoms with van der Waals surface area (Å²) in [6.45, 7) is 16.8. The molecule has 4 saturated heterocycles. The van der Waals surface area contributed by atoms with Crippen LogP contribution in [-0.2, 0) is 44.7 Å². The van der Waals surface area contributed by atoms with E-state index >= 15 is 0 Å². The Morgan fingerprint density at radius 2 is 1.83 bits per heavy atom. The molecule has 2 aromatic rings. The predicted molar refractivity (Wildman–Crippen MR) is 224 cm³/mol. The second-order valence-corrected chi connectivity index (χ2v) is 18.3. The number of rotatable bonds is 7. The zero-order valence-electron chi connectivity index (χ0n) is 36.9. The number of likely N-dealkylation sites (N-methyl/N-ethyl adjacent to an activating group) is 1. The molecule has 60 heavy (non-hydrogen) atoms. The Morgan fingerprint density at radius 3 is 2.58 bits per heavy atom. The molecular formula is C45H65N5O10. The number of aromatic nitrogens is 1. The van der Waals surface area contributed by atoms with Gasteiger partial charge in [0, 0.05) is 47.3 Å². The molecule has 0 radical (unpaired) electrons. The van der Waals surface area contributed by atoms with Crippen LogP contribution in [0.2, 0.25) is 0 Å². The predicted octanol–water partition coefficient (Wildman–Crippen LogP) is 5.40. The Labute approximate surface area is 354 Å². The number of aliphatic imine (C=N–C) groups is 1. The summed E-state index contributed by atoms with van der Waals surface area (Å²) >= 11 is 0. The van der Waals surface area contributed by atoms with Crippen molar-refractivity contribution in [3.8, 4) is 0 Å². The number of hydrogen-bond acceptors (Lipinski definition) is 14. The van der Waals surface area contributed by atoms with E-state index in [1.807, 2.05) is 83.9 Å². The normalized spacial score (nSPS) is 39.9. The van der Waals surface area contributed by atoms with Crippen molar-refractivity contribution in [2.45, 2.75) is 141 Å². The highest BCUT2D eigenvalue weighted by Crippen LogP contribution is 2.45. The molecule has 330 valence electrons. The Bertz CT molecular complexity index is 1920. The summed E-state index contributed by atoms with van der Waals surface area (Å²) in [6.07, 6.45) is -1.68. The number of benzene rings is 1. The van der Waals surface area contributed by atoms with Crippen LogP contribution in [0.25, 0.3) is 10.9 Å². The van der Waals surface area contributed by atoms with E-state index in [4.69, 9.17) is 38.3 Å². The van der Waals surface area contributed by atoms with Crippen molar-refractivity contribution >= 4 is 34.4 Å². The molecule has 0 saturated carbocycles. The number of ether oxygens (including phenoxy) is 6. The molecule has 15 heteroatoms. The van der Waals surface area contributed by atoms with Gasteiger partial charge in [0.2, 0.25) is 0 Å². The fraction of sp³-hybridized carbons (Fsp3) is 0.711. The SMILES string of the molecule is CC[C@@H]1OC(=O)[C@H](C)[C@H]2OCC(=NOCc3cccc4ncccc34)CO[C@](C)(C[C@@H](C)C3=NCCN4C(=O)O[C@@]1(C)[C@H]4[C@H]3C)[C@@H](O[C@H]1O[C@@H](C)C[C@@H](N(C)C)[C@@H]1O)[C@@H]2C. The monoisotopic (exact) mass is 835 g/mol. The zero-order valence-corrected chi connectivity index (χ0v) is 36.9. The van der Waals surface area contributed by atoms with E-state index in [2.05, 4.69) is 24.0 Å². The van der Waals surface area contributed by atoms with Gasteiger partial charge in [0.25, 0.3) is 0 Å². The lowest BCUT2D eigenvalue weighted by atomic mass is 9.72. The lowest BCUT2D eigenvalue weighted by Crippen LogP contribution is -2.60. The van der Waals surface area contributed by atoms with Gasteiger partial charge >= 0.3 is 12.1 Å². The number of fused-ring (bicyclic) bond motifs is 5. The minimum atomic E-state index is -1.14. The average Bonchev–Trinajstić information content (AvgIpc) is 3.36. The van der Waals surface area contributed by atoms with Crippen LogP contribution in [0.15, 0.2) is 46.7 Å². The van der Waals surface area contributed by atoms with Crippen LogP contribution in [0.5, 0.6) is 0 Å². The molecule has 4 fully saturated rings. The smallest absolute Gasteiger partial charge is 0.410 e. The number of esters is 1. The molecular weight excluding hydrogens is 771 g/mol. The van der Waals surface area contributed by atoms with Crippen LogP contribution in [-0.4, -0.2) is 144 Å². The maximum atomic E-state index is 14.6. The Morgan fingerprint density at radius 1 is 1.05 bits per heavy atom. The number of pyridine rings is 1. The summed E-state index contributed by atoms with van der Waals surface area (Å²) in [5.41, 5.74) is 0.961. The van der Waals surface area contributed by atoms with E-state index in [9.17, 15) is 14.7 Å². The van der Waals surface area contributed by atoms with Crippen LogP contribution >= 0.6 is 0 Å². The standard InChI is InChI=1S/C45H65N5O10/c1-11-35-45(8)39-27(4)36(47-18-19-50(39)43(53)60-45)25(2)21-44(7)40(59-42-37(51)34(49(9)10)20-26(3)57-42)28(5)38(29(6)41(52)58-35)54-23-31(24-55-44)48-56-22-30-14-12-16-33-32(30)15-13-17-46-33/h12-17,25-29,34-35,37-40,42,51H,11,18-24H2,1-10H3/t25-,26+,27+,28-,29-,34-,35+,37+,38+,39-,40+,42-,44-,45-/m1/s1. The average molecular weight is 836 g/mol. The van der Waals surface area contributed by atoms with Gasteiger partial charge in [0.15, 0.2) is 11.9 Å². The summed E-state index contributed by atoms with van der Waals surface area (Å²) in [6, 6.07) is 9.12. The molecule has 5 aliphatic rings. The van der Waals surface area contributed by atoms with E-state index in [-0.39, 0.29) is 43.8 Å². The first-order valence-electron chi connectivity index (χ1n) is 21.7. The van der Waals surface area contributed by atoms with Gasteiger partial charge in [-0.15, -0.1) is 0 Å². The molecule has 6 heterocycles. The highest BCUT2D eigenvalue weighted by atomic mass is 16.7. The topological polar surface area (TPSA) is 163 Å². The first-order chi connectivity index (χ1) is 28.6. The van der Waals surface area contributed by atoms with Gasteiger partial charge in [-0.2, -0.15) is 0 Å². The van der Waals surface area contributed by atoms with Crippen molar-refractivity contribution in [2.24, 2.45) is 33.8 Å². The number of carbonyl (C=O) groups is 2. The molecule has 0 aliphatic carbocycles. The van der Waals surface area contributed by atoms with E-state index in [1.54, 1.807) is 18.0 Å². The summed E-state index contributed by atoms with van der Waals surface area (Å²) in [5.74, 6) is -2.25. The number of cyclic esters (lactones) is 1. The lowest BCUT2D eigenvalue weighted by molar-refractivity contribution is -0.302. The second kappa shape index (κ2) is 17.9. The second-order valence-electron chi connectivity index (χ2n) is 18.3. The van der Waals surface area contributed by atoms with Crippen LogP contribution in [0.1, 0.15) is 80.2 Å². The van der Waals surface area contributed by atoms with Crippen molar-refractivity contribution in [1.29, 1.82) is 0 Å². The van der Waals surface area contributed by atoms with Crippen molar-refractivity contribution in [1.82, 2.24) is 14.8 Å². The largest absolute Gasteiger partial charge is 0.458 e. The molecule has 0 unspecified atom stereocenters. The maximum Gasteiger partial charge on any atom is 0.410 e. The highest BCUT2D eigenvalue weighted by molar-refractivity contribution is 5.91. The lowest BCUT2D eigenvalue weighted by Gasteiger charge is -2.48. The Hall–Kier alpha value is -3.73. The summed E-state index contributed by atoms with van der Waals surface area (Å²) in [4.78, 5) is 47.5. The van der Waals surface area contributed by atoms with Gasteiger partial charge in [0.1, 0.15) is 24.5 Å². The van der Waals surface area contributed by atoms with Crippen molar-refractivity contribution in [3.05, 3.63) is 42.1 Å². The van der Waals surface area contributed by atoms with Gasteiger partial charge in [-0.25, -0.2) is 4.79 Å². The minimum absolute atomic E-state index is 0.00231. The van der Waals surface area contributed by atoms with E-state index in [0.29, 0.717) is 38.1 Å².